The first-order valence-electron chi connectivity index (χ1n) is 10.2. The molecule has 1 atom stereocenters. The maximum atomic E-state index is 13.0. The summed E-state index contributed by atoms with van der Waals surface area (Å²) in [6.07, 6.45) is 8.14. The number of aromatic nitrogens is 1. The Morgan fingerprint density at radius 2 is 1.85 bits per heavy atom. The molecule has 2 aromatic rings. The third kappa shape index (κ3) is 4.22. The summed E-state index contributed by atoms with van der Waals surface area (Å²) in [5, 5.41) is 3.10. The van der Waals surface area contributed by atoms with Crippen molar-refractivity contribution in [2.75, 3.05) is 26.2 Å². The van der Waals surface area contributed by atoms with Gasteiger partial charge in [-0.3, -0.25) is 9.78 Å². The van der Waals surface area contributed by atoms with Crippen LogP contribution in [-0.4, -0.2) is 42.0 Å². The SMILES string of the molecule is CCNC(=O)[C@]1(Cc2ccc(-c3ccncc3)cc2)CCN(CC2CC2)C1. The summed E-state index contributed by atoms with van der Waals surface area (Å²) in [6.45, 7) is 5.81. The predicted octanol–water partition coefficient (Wildman–Crippen LogP) is 3.53. The summed E-state index contributed by atoms with van der Waals surface area (Å²) in [5.74, 6) is 1.09. The van der Waals surface area contributed by atoms with Gasteiger partial charge in [-0.25, -0.2) is 0 Å². The molecule has 1 amide bonds. The standard InChI is InChI=1S/C23H29N3O/c1-2-25-22(27)23(11-14-26(17-23)16-19-3-4-19)15-18-5-7-20(8-6-18)21-9-12-24-13-10-21/h5-10,12-13,19H,2-4,11,14-17H2,1H3,(H,25,27)/t23-/m0/s1. The Balaban J connectivity index is 1.50. The van der Waals surface area contributed by atoms with Crippen LogP contribution in [0.3, 0.4) is 0 Å². The monoisotopic (exact) mass is 363 g/mol. The molecule has 142 valence electrons. The predicted molar refractivity (Wildman–Crippen MR) is 108 cm³/mol. The van der Waals surface area contributed by atoms with E-state index in [1.54, 1.807) is 0 Å². The summed E-state index contributed by atoms with van der Waals surface area (Å²) >= 11 is 0. The van der Waals surface area contributed by atoms with Crippen molar-refractivity contribution in [3.63, 3.8) is 0 Å². The molecule has 2 fully saturated rings. The molecule has 0 radical (unpaired) electrons. The molecule has 2 heterocycles. The second kappa shape index (κ2) is 7.81. The third-order valence-electron chi connectivity index (χ3n) is 5.98. The molecule has 1 aromatic carbocycles. The number of carbonyl (C=O) groups excluding carboxylic acids is 1. The van der Waals surface area contributed by atoms with Gasteiger partial charge in [-0.15, -0.1) is 0 Å². The van der Waals surface area contributed by atoms with Gasteiger partial charge in [-0.05, 0) is 73.9 Å². The van der Waals surface area contributed by atoms with Gasteiger partial charge in [0.25, 0.3) is 0 Å². The van der Waals surface area contributed by atoms with Gasteiger partial charge in [0.15, 0.2) is 0 Å². The number of nitrogens with zero attached hydrogens (tertiary/aromatic N) is 2. The van der Waals surface area contributed by atoms with Crippen molar-refractivity contribution >= 4 is 5.91 Å². The van der Waals surface area contributed by atoms with Gasteiger partial charge in [0, 0.05) is 32.0 Å². The van der Waals surface area contributed by atoms with Crippen LogP contribution in [0, 0.1) is 11.3 Å². The average molecular weight is 364 g/mol. The lowest BCUT2D eigenvalue weighted by Gasteiger charge is -2.28. The van der Waals surface area contributed by atoms with Gasteiger partial charge in [-0.1, -0.05) is 24.3 Å². The zero-order valence-electron chi connectivity index (χ0n) is 16.2. The first kappa shape index (κ1) is 18.2. The Kier molecular flexibility index (Phi) is 5.26. The molecule has 2 aliphatic rings. The molecule has 0 bridgehead atoms. The van der Waals surface area contributed by atoms with Crippen LogP contribution < -0.4 is 5.32 Å². The van der Waals surface area contributed by atoms with Crippen LogP contribution in [0.4, 0.5) is 0 Å². The number of pyridine rings is 1. The first-order chi connectivity index (χ1) is 13.2. The molecule has 1 N–H and O–H groups in total. The second-order valence-electron chi connectivity index (χ2n) is 8.18. The molecular weight excluding hydrogens is 334 g/mol. The van der Waals surface area contributed by atoms with Crippen molar-refractivity contribution in [1.29, 1.82) is 0 Å². The van der Waals surface area contributed by atoms with Crippen LogP contribution in [0.2, 0.25) is 0 Å². The number of likely N-dealkylation sites (tertiary alicyclic amines) is 1. The normalized spacial score (nSPS) is 22.7. The summed E-state index contributed by atoms with van der Waals surface area (Å²) < 4.78 is 0. The van der Waals surface area contributed by atoms with Gasteiger partial charge in [0.1, 0.15) is 0 Å². The summed E-state index contributed by atoms with van der Waals surface area (Å²) in [4.78, 5) is 19.6. The van der Waals surface area contributed by atoms with Crippen LogP contribution >= 0.6 is 0 Å². The van der Waals surface area contributed by atoms with Gasteiger partial charge in [0.2, 0.25) is 5.91 Å². The van der Waals surface area contributed by atoms with Gasteiger partial charge >= 0.3 is 0 Å². The van der Waals surface area contributed by atoms with Crippen LogP contribution in [-0.2, 0) is 11.2 Å². The zero-order valence-corrected chi connectivity index (χ0v) is 16.2. The lowest BCUT2D eigenvalue weighted by atomic mass is 9.79. The Hall–Kier alpha value is -2.20. The Morgan fingerprint density at radius 1 is 1.15 bits per heavy atom. The molecule has 4 rings (SSSR count). The molecule has 1 aliphatic carbocycles. The number of benzene rings is 1. The van der Waals surface area contributed by atoms with Crippen LogP contribution in [0.15, 0.2) is 48.8 Å². The van der Waals surface area contributed by atoms with E-state index < -0.39 is 0 Å². The minimum absolute atomic E-state index is 0.224. The molecule has 1 saturated heterocycles. The molecule has 1 aliphatic heterocycles. The second-order valence-corrected chi connectivity index (χ2v) is 8.18. The first-order valence-corrected chi connectivity index (χ1v) is 10.2. The number of rotatable bonds is 7. The van der Waals surface area contributed by atoms with Crippen LogP contribution in [0.25, 0.3) is 11.1 Å². The van der Waals surface area contributed by atoms with Crippen molar-refractivity contribution in [1.82, 2.24) is 15.2 Å². The minimum Gasteiger partial charge on any atom is -0.356 e. The van der Waals surface area contributed by atoms with Gasteiger partial charge < -0.3 is 10.2 Å². The van der Waals surface area contributed by atoms with E-state index in [9.17, 15) is 4.79 Å². The number of carbonyl (C=O) groups is 1. The van der Waals surface area contributed by atoms with Crippen molar-refractivity contribution in [2.24, 2.45) is 11.3 Å². The number of nitrogens with one attached hydrogen (secondary N) is 1. The molecule has 0 unspecified atom stereocenters. The van der Waals surface area contributed by atoms with E-state index in [2.05, 4.69) is 39.5 Å². The highest BCUT2D eigenvalue weighted by Crippen LogP contribution is 2.38. The molecule has 27 heavy (non-hydrogen) atoms. The van der Waals surface area contributed by atoms with E-state index in [0.717, 1.165) is 31.8 Å². The fraction of sp³-hybridized carbons (Fsp3) is 0.478. The maximum absolute atomic E-state index is 13.0. The summed E-state index contributed by atoms with van der Waals surface area (Å²) in [6, 6.07) is 12.7. The van der Waals surface area contributed by atoms with Crippen molar-refractivity contribution in [3.05, 3.63) is 54.4 Å². The highest BCUT2D eigenvalue weighted by molar-refractivity contribution is 5.83. The molecule has 4 heteroatoms. The zero-order chi connectivity index (χ0) is 18.7. The summed E-state index contributed by atoms with van der Waals surface area (Å²) in [7, 11) is 0. The van der Waals surface area contributed by atoms with Gasteiger partial charge in [-0.2, -0.15) is 0 Å². The van der Waals surface area contributed by atoms with E-state index in [0.29, 0.717) is 6.54 Å². The topological polar surface area (TPSA) is 45.2 Å². The highest BCUT2D eigenvalue weighted by atomic mass is 16.2. The van der Waals surface area contributed by atoms with E-state index in [1.165, 1.54) is 36.1 Å². The van der Waals surface area contributed by atoms with Crippen molar-refractivity contribution in [3.8, 4) is 11.1 Å². The number of hydrogen-bond acceptors (Lipinski definition) is 3. The Morgan fingerprint density at radius 3 is 2.52 bits per heavy atom. The van der Waals surface area contributed by atoms with E-state index in [1.807, 2.05) is 31.5 Å². The lowest BCUT2D eigenvalue weighted by Crippen LogP contribution is -2.44. The van der Waals surface area contributed by atoms with Crippen LogP contribution in [0.5, 0.6) is 0 Å². The Labute approximate surface area is 162 Å². The van der Waals surface area contributed by atoms with Gasteiger partial charge in [0.05, 0.1) is 5.41 Å². The van der Waals surface area contributed by atoms with E-state index in [4.69, 9.17) is 0 Å². The van der Waals surface area contributed by atoms with Crippen LogP contribution in [0.1, 0.15) is 31.7 Å². The highest BCUT2D eigenvalue weighted by Gasteiger charge is 2.45. The molecule has 1 aromatic heterocycles. The fourth-order valence-electron chi connectivity index (χ4n) is 4.29. The van der Waals surface area contributed by atoms with Crippen molar-refractivity contribution < 1.29 is 4.79 Å². The van der Waals surface area contributed by atoms with E-state index in [-0.39, 0.29) is 11.3 Å². The molecule has 4 nitrogen and oxygen atoms in total. The summed E-state index contributed by atoms with van der Waals surface area (Å²) in [5.41, 5.74) is 3.32. The largest absolute Gasteiger partial charge is 0.356 e. The smallest absolute Gasteiger partial charge is 0.227 e. The quantitative estimate of drug-likeness (QED) is 0.818. The minimum atomic E-state index is -0.289. The molecule has 1 saturated carbocycles. The molecule has 0 spiro atoms. The maximum Gasteiger partial charge on any atom is 0.227 e. The lowest BCUT2D eigenvalue weighted by molar-refractivity contribution is -0.130. The van der Waals surface area contributed by atoms with E-state index >= 15 is 0 Å². The fourth-order valence-corrected chi connectivity index (χ4v) is 4.29. The number of amides is 1. The average Bonchev–Trinajstić information content (AvgIpc) is 3.42. The Bertz CT molecular complexity index is 770. The molecular formula is C23H29N3O. The third-order valence-corrected chi connectivity index (χ3v) is 5.98. The van der Waals surface area contributed by atoms with Crippen molar-refractivity contribution in [2.45, 2.75) is 32.6 Å². The number of hydrogen-bond donors (Lipinski definition) is 1.